The highest BCUT2D eigenvalue weighted by molar-refractivity contribution is 5.95. The van der Waals surface area contributed by atoms with Crippen molar-refractivity contribution in [1.29, 1.82) is 0 Å². The Hall–Kier alpha value is -1.62. The Morgan fingerprint density at radius 1 is 1.45 bits per heavy atom. The van der Waals surface area contributed by atoms with Gasteiger partial charge in [-0.3, -0.25) is 4.98 Å². The average molecular weight is 276 g/mol. The number of hydrogen-bond donors (Lipinski definition) is 3. The van der Waals surface area contributed by atoms with Crippen LogP contribution in [0.15, 0.2) is 23.5 Å². The van der Waals surface area contributed by atoms with Crippen LogP contribution in [0.5, 0.6) is 0 Å². The molecule has 0 radical (unpaired) electrons. The van der Waals surface area contributed by atoms with Crippen molar-refractivity contribution >= 4 is 5.84 Å². The Labute approximate surface area is 120 Å². The van der Waals surface area contributed by atoms with E-state index < -0.39 is 0 Å². The molecule has 5 nitrogen and oxygen atoms in total. The Morgan fingerprint density at radius 2 is 2.25 bits per heavy atom. The summed E-state index contributed by atoms with van der Waals surface area (Å²) in [5.74, 6) is 1.01. The highest BCUT2D eigenvalue weighted by Gasteiger charge is 2.13. The first-order valence-corrected chi connectivity index (χ1v) is 7.43. The van der Waals surface area contributed by atoms with Crippen LogP contribution in [0.3, 0.4) is 0 Å². The van der Waals surface area contributed by atoms with E-state index in [4.69, 9.17) is 10.9 Å². The molecule has 0 bridgehead atoms. The molecule has 0 saturated heterocycles. The Kier molecular flexibility index (Phi) is 5.80. The normalized spacial score (nSPS) is 16.7. The molecule has 110 valence electrons. The maximum absolute atomic E-state index is 8.64. The first-order chi connectivity index (χ1) is 9.79. The van der Waals surface area contributed by atoms with Crippen LogP contribution in [-0.4, -0.2) is 22.6 Å². The van der Waals surface area contributed by atoms with E-state index in [2.05, 4.69) is 15.5 Å². The largest absolute Gasteiger partial charge is 0.409 e. The molecular weight excluding hydrogens is 252 g/mol. The van der Waals surface area contributed by atoms with Gasteiger partial charge in [0.15, 0.2) is 5.84 Å². The molecule has 2 rings (SSSR count). The first-order valence-electron chi connectivity index (χ1n) is 7.43. The van der Waals surface area contributed by atoms with Gasteiger partial charge >= 0.3 is 0 Å². The van der Waals surface area contributed by atoms with Crippen molar-refractivity contribution in [3.05, 3.63) is 29.6 Å². The number of oxime groups is 1. The van der Waals surface area contributed by atoms with E-state index in [1.165, 1.54) is 38.5 Å². The van der Waals surface area contributed by atoms with Crippen molar-refractivity contribution in [3.8, 4) is 0 Å². The summed E-state index contributed by atoms with van der Waals surface area (Å²) in [5.41, 5.74) is 7.14. The standard InChI is InChI=1S/C15H24N4O/c16-15(19-20)14-10-13(7-9-18-14)11-17-8-3-6-12-4-1-2-5-12/h7,9-10,12,17,20H,1-6,8,11H2,(H2,16,19). The van der Waals surface area contributed by atoms with Crippen molar-refractivity contribution in [3.63, 3.8) is 0 Å². The van der Waals surface area contributed by atoms with Gasteiger partial charge in [-0.25, -0.2) is 0 Å². The molecule has 1 aromatic rings. The third-order valence-corrected chi connectivity index (χ3v) is 3.96. The summed E-state index contributed by atoms with van der Waals surface area (Å²) in [6, 6.07) is 3.79. The van der Waals surface area contributed by atoms with Crippen molar-refractivity contribution in [2.45, 2.75) is 45.1 Å². The summed E-state index contributed by atoms with van der Waals surface area (Å²) in [6.07, 6.45) is 9.96. The third-order valence-electron chi connectivity index (χ3n) is 3.96. The zero-order valence-electron chi connectivity index (χ0n) is 11.9. The molecule has 0 aliphatic heterocycles. The predicted molar refractivity (Wildman–Crippen MR) is 79.6 cm³/mol. The Morgan fingerprint density at radius 3 is 3.00 bits per heavy atom. The number of rotatable bonds is 7. The molecule has 20 heavy (non-hydrogen) atoms. The average Bonchev–Trinajstić information content (AvgIpc) is 2.99. The second-order valence-electron chi connectivity index (χ2n) is 5.50. The smallest absolute Gasteiger partial charge is 0.188 e. The molecule has 1 aromatic heterocycles. The fourth-order valence-corrected chi connectivity index (χ4v) is 2.82. The second-order valence-corrected chi connectivity index (χ2v) is 5.50. The lowest BCUT2D eigenvalue weighted by Crippen LogP contribution is -2.18. The predicted octanol–water partition coefficient (Wildman–Crippen LogP) is 2.24. The number of amidine groups is 1. The monoisotopic (exact) mass is 276 g/mol. The van der Waals surface area contributed by atoms with E-state index in [9.17, 15) is 0 Å². The molecule has 0 unspecified atom stereocenters. The molecule has 0 amide bonds. The zero-order chi connectivity index (χ0) is 14.2. The highest BCUT2D eigenvalue weighted by Crippen LogP contribution is 2.28. The zero-order valence-corrected chi connectivity index (χ0v) is 11.9. The summed E-state index contributed by atoms with van der Waals surface area (Å²) in [6.45, 7) is 1.83. The molecule has 1 saturated carbocycles. The van der Waals surface area contributed by atoms with Crippen LogP contribution in [0.1, 0.15) is 49.8 Å². The minimum Gasteiger partial charge on any atom is -0.409 e. The lowest BCUT2D eigenvalue weighted by atomic mass is 10.0. The lowest BCUT2D eigenvalue weighted by Gasteiger charge is -2.09. The molecule has 0 aromatic carbocycles. The van der Waals surface area contributed by atoms with E-state index >= 15 is 0 Å². The van der Waals surface area contributed by atoms with Gasteiger partial charge in [-0.1, -0.05) is 30.8 Å². The topological polar surface area (TPSA) is 83.5 Å². The maximum atomic E-state index is 8.64. The van der Waals surface area contributed by atoms with Crippen LogP contribution in [0.4, 0.5) is 0 Å². The molecule has 1 heterocycles. The van der Waals surface area contributed by atoms with Gasteiger partial charge in [-0.05, 0) is 43.0 Å². The van der Waals surface area contributed by atoms with Crippen LogP contribution < -0.4 is 11.1 Å². The molecule has 1 fully saturated rings. The lowest BCUT2D eigenvalue weighted by molar-refractivity contribution is 0.318. The number of pyridine rings is 1. The van der Waals surface area contributed by atoms with Gasteiger partial charge in [0.25, 0.3) is 0 Å². The molecule has 1 aliphatic carbocycles. The molecule has 5 heteroatoms. The summed E-state index contributed by atoms with van der Waals surface area (Å²) in [5, 5.41) is 15.0. The van der Waals surface area contributed by atoms with Crippen LogP contribution in [0, 0.1) is 5.92 Å². The van der Waals surface area contributed by atoms with Gasteiger partial charge in [0.1, 0.15) is 5.69 Å². The van der Waals surface area contributed by atoms with E-state index in [0.717, 1.165) is 24.6 Å². The third kappa shape index (κ3) is 4.49. The van der Waals surface area contributed by atoms with E-state index in [1.54, 1.807) is 6.20 Å². The number of hydrogen-bond acceptors (Lipinski definition) is 4. The molecule has 4 N–H and O–H groups in total. The van der Waals surface area contributed by atoms with Crippen molar-refractivity contribution in [1.82, 2.24) is 10.3 Å². The quantitative estimate of drug-likeness (QED) is 0.234. The van der Waals surface area contributed by atoms with E-state index in [0.29, 0.717) is 5.69 Å². The second kappa shape index (κ2) is 7.85. The fourth-order valence-electron chi connectivity index (χ4n) is 2.82. The van der Waals surface area contributed by atoms with E-state index in [-0.39, 0.29) is 5.84 Å². The Balaban J connectivity index is 1.68. The van der Waals surface area contributed by atoms with Gasteiger partial charge in [-0.15, -0.1) is 0 Å². The minimum atomic E-state index is 0.0492. The first kappa shape index (κ1) is 14.8. The van der Waals surface area contributed by atoms with Gasteiger partial charge in [0, 0.05) is 12.7 Å². The van der Waals surface area contributed by atoms with Gasteiger partial charge in [-0.2, -0.15) is 0 Å². The molecule has 0 atom stereocenters. The van der Waals surface area contributed by atoms with Crippen LogP contribution >= 0.6 is 0 Å². The van der Waals surface area contributed by atoms with Gasteiger partial charge in [0.05, 0.1) is 0 Å². The highest BCUT2D eigenvalue weighted by atomic mass is 16.4. The number of nitrogens with one attached hydrogen (secondary N) is 1. The molecule has 1 aliphatic rings. The molecule has 0 spiro atoms. The number of aromatic nitrogens is 1. The van der Waals surface area contributed by atoms with Crippen LogP contribution in [0.2, 0.25) is 0 Å². The Bertz CT molecular complexity index is 441. The SMILES string of the molecule is N/C(=N/O)c1cc(CNCCCC2CCCC2)ccn1. The number of nitrogens with zero attached hydrogens (tertiary/aromatic N) is 2. The number of nitrogens with two attached hydrogens (primary N) is 1. The molecular formula is C15H24N4O. The van der Waals surface area contributed by atoms with E-state index in [1.807, 2.05) is 12.1 Å². The van der Waals surface area contributed by atoms with Crippen LogP contribution in [0.25, 0.3) is 0 Å². The van der Waals surface area contributed by atoms with Crippen LogP contribution in [-0.2, 0) is 6.54 Å². The van der Waals surface area contributed by atoms with Crippen molar-refractivity contribution < 1.29 is 5.21 Å². The maximum Gasteiger partial charge on any atom is 0.188 e. The van der Waals surface area contributed by atoms with Gasteiger partial charge < -0.3 is 16.3 Å². The summed E-state index contributed by atoms with van der Waals surface area (Å²) >= 11 is 0. The van der Waals surface area contributed by atoms with Crippen molar-refractivity contribution in [2.24, 2.45) is 16.8 Å². The van der Waals surface area contributed by atoms with Crippen molar-refractivity contribution in [2.75, 3.05) is 6.54 Å². The van der Waals surface area contributed by atoms with Gasteiger partial charge in [0.2, 0.25) is 0 Å². The summed E-state index contributed by atoms with van der Waals surface area (Å²) < 4.78 is 0. The minimum absolute atomic E-state index is 0.0492. The fraction of sp³-hybridized carbons (Fsp3) is 0.600. The summed E-state index contributed by atoms with van der Waals surface area (Å²) in [7, 11) is 0. The summed E-state index contributed by atoms with van der Waals surface area (Å²) in [4.78, 5) is 4.06.